The van der Waals surface area contributed by atoms with E-state index in [1.165, 1.54) is 4.90 Å². The van der Waals surface area contributed by atoms with E-state index < -0.39 is 0 Å². The molecule has 5 heteroatoms. The molecule has 0 saturated carbocycles. The van der Waals surface area contributed by atoms with Crippen molar-refractivity contribution in [3.05, 3.63) is 53.9 Å². The van der Waals surface area contributed by atoms with Crippen LogP contribution in [0.25, 0.3) is 0 Å². The number of rotatable bonds is 4. The molecule has 104 valence electrons. The second-order valence-corrected chi connectivity index (χ2v) is 4.72. The summed E-state index contributed by atoms with van der Waals surface area (Å²) in [6, 6.07) is 11.3. The minimum Gasteiger partial charge on any atom is -0.399 e. The van der Waals surface area contributed by atoms with Gasteiger partial charge in [0.25, 0.3) is 5.91 Å². The predicted molar refractivity (Wildman–Crippen MR) is 80.4 cm³/mol. The molecule has 5 nitrogen and oxygen atoms in total. The number of benzene rings is 1. The number of carbonyl (C=O) groups excluding carboxylic acids is 1. The third-order valence-electron chi connectivity index (χ3n) is 2.86. The van der Waals surface area contributed by atoms with Gasteiger partial charge in [0.15, 0.2) is 0 Å². The minimum absolute atomic E-state index is 0.110. The van der Waals surface area contributed by atoms with Crippen molar-refractivity contribution >= 4 is 17.3 Å². The van der Waals surface area contributed by atoms with Gasteiger partial charge in [-0.1, -0.05) is 12.1 Å². The van der Waals surface area contributed by atoms with Gasteiger partial charge < -0.3 is 16.0 Å². The number of pyridine rings is 1. The third kappa shape index (κ3) is 3.47. The fraction of sp³-hybridized carbons (Fsp3) is 0.200. The van der Waals surface area contributed by atoms with Crippen LogP contribution in [0.4, 0.5) is 11.4 Å². The molecule has 3 N–H and O–H groups in total. The maximum absolute atomic E-state index is 11.8. The summed E-state index contributed by atoms with van der Waals surface area (Å²) in [4.78, 5) is 17.4. The van der Waals surface area contributed by atoms with Crippen LogP contribution in [-0.2, 0) is 6.54 Å². The van der Waals surface area contributed by atoms with E-state index in [1.807, 2.05) is 30.3 Å². The van der Waals surface area contributed by atoms with Crippen molar-refractivity contribution in [3.63, 3.8) is 0 Å². The van der Waals surface area contributed by atoms with Gasteiger partial charge in [0.2, 0.25) is 0 Å². The van der Waals surface area contributed by atoms with Crippen LogP contribution in [0.5, 0.6) is 0 Å². The van der Waals surface area contributed by atoms with Gasteiger partial charge in [0.05, 0.1) is 0 Å². The number of amides is 1. The Hall–Kier alpha value is -2.56. The van der Waals surface area contributed by atoms with E-state index in [4.69, 9.17) is 5.73 Å². The van der Waals surface area contributed by atoms with E-state index in [9.17, 15) is 4.79 Å². The van der Waals surface area contributed by atoms with E-state index >= 15 is 0 Å². The predicted octanol–water partition coefficient (Wildman–Crippen LogP) is 1.98. The lowest BCUT2D eigenvalue weighted by atomic mass is 10.2. The molecule has 1 heterocycles. The van der Waals surface area contributed by atoms with Gasteiger partial charge in [0.1, 0.15) is 5.69 Å². The monoisotopic (exact) mass is 270 g/mol. The van der Waals surface area contributed by atoms with Gasteiger partial charge in [-0.15, -0.1) is 0 Å². The molecule has 0 aliphatic carbocycles. The molecule has 1 aromatic heterocycles. The Kier molecular flexibility index (Phi) is 4.20. The number of hydrogen-bond acceptors (Lipinski definition) is 4. The zero-order chi connectivity index (χ0) is 14.5. The summed E-state index contributed by atoms with van der Waals surface area (Å²) in [5.74, 6) is -0.110. The first-order valence-corrected chi connectivity index (χ1v) is 6.32. The standard InChI is InChI=1S/C15H18N4O/c1-19(2)15(20)14-9-13(7-8-17-14)18-10-11-3-5-12(16)6-4-11/h3-9H,10,16H2,1-2H3,(H,17,18). The Morgan fingerprint density at radius 3 is 2.60 bits per heavy atom. The van der Waals surface area contributed by atoms with E-state index in [0.29, 0.717) is 12.2 Å². The van der Waals surface area contributed by atoms with E-state index in [1.54, 1.807) is 26.4 Å². The van der Waals surface area contributed by atoms with E-state index in [2.05, 4.69) is 10.3 Å². The molecule has 0 radical (unpaired) electrons. The average molecular weight is 270 g/mol. The van der Waals surface area contributed by atoms with Gasteiger partial charge in [-0.3, -0.25) is 9.78 Å². The summed E-state index contributed by atoms with van der Waals surface area (Å²) >= 11 is 0. The molecule has 0 unspecified atom stereocenters. The van der Waals surface area contributed by atoms with Crippen LogP contribution >= 0.6 is 0 Å². The highest BCUT2D eigenvalue weighted by Crippen LogP contribution is 2.12. The molecular formula is C15H18N4O. The summed E-state index contributed by atoms with van der Waals surface area (Å²) in [7, 11) is 3.41. The molecule has 2 rings (SSSR count). The van der Waals surface area contributed by atoms with Crippen molar-refractivity contribution < 1.29 is 4.79 Å². The lowest BCUT2D eigenvalue weighted by Crippen LogP contribution is -2.22. The first-order valence-electron chi connectivity index (χ1n) is 6.32. The van der Waals surface area contributed by atoms with E-state index in [-0.39, 0.29) is 5.91 Å². The first kappa shape index (κ1) is 13.9. The molecule has 0 aliphatic heterocycles. The zero-order valence-electron chi connectivity index (χ0n) is 11.6. The normalized spacial score (nSPS) is 10.1. The highest BCUT2D eigenvalue weighted by molar-refractivity contribution is 5.92. The summed E-state index contributed by atoms with van der Waals surface area (Å²) in [5.41, 5.74) is 8.80. The maximum atomic E-state index is 11.8. The third-order valence-corrected chi connectivity index (χ3v) is 2.86. The van der Waals surface area contributed by atoms with Crippen molar-refractivity contribution in [3.8, 4) is 0 Å². The van der Waals surface area contributed by atoms with Crippen molar-refractivity contribution in [2.45, 2.75) is 6.54 Å². The minimum atomic E-state index is -0.110. The van der Waals surface area contributed by atoms with Crippen LogP contribution in [0, 0.1) is 0 Å². The Morgan fingerprint density at radius 1 is 1.25 bits per heavy atom. The maximum Gasteiger partial charge on any atom is 0.272 e. The van der Waals surface area contributed by atoms with Crippen LogP contribution in [0.3, 0.4) is 0 Å². The average Bonchev–Trinajstić information content (AvgIpc) is 2.46. The number of nitrogens with one attached hydrogen (secondary N) is 1. The quantitative estimate of drug-likeness (QED) is 0.833. The van der Waals surface area contributed by atoms with Gasteiger partial charge in [-0.05, 0) is 29.8 Å². The number of carbonyl (C=O) groups is 1. The fourth-order valence-corrected chi connectivity index (χ4v) is 1.73. The molecule has 1 amide bonds. The summed E-state index contributed by atoms with van der Waals surface area (Å²) in [6.07, 6.45) is 1.63. The number of anilines is 2. The van der Waals surface area contributed by atoms with Gasteiger partial charge in [-0.25, -0.2) is 0 Å². The number of hydrogen-bond donors (Lipinski definition) is 2. The van der Waals surface area contributed by atoms with Gasteiger partial charge in [-0.2, -0.15) is 0 Å². The van der Waals surface area contributed by atoms with Crippen molar-refractivity contribution in [1.29, 1.82) is 0 Å². The number of nitrogen functional groups attached to an aromatic ring is 1. The Bertz CT molecular complexity index is 593. The second kappa shape index (κ2) is 6.06. The summed E-state index contributed by atoms with van der Waals surface area (Å²) < 4.78 is 0. The SMILES string of the molecule is CN(C)C(=O)c1cc(NCc2ccc(N)cc2)ccn1. The smallest absolute Gasteiger partial charge is 0.272 e. The summed E-state index contributed by atoms with van der Waals surface area (Å²) in [5, 5.41) is 3.26. The van der Waals surface area contributed by atoms with Crippen LogP contribution in [0.15, 0.2) is 42.6 Å². The van der Waals surface area contributed by atoms with E-state index in [0.717, 1.165) is 16.9 Å². The lowest BCUT2D eigenvalue weighted by Gasteiger charge is -2.11. The number of nitrogens with two attached hydrogens (primary N) is 1. The fourth-order valence-electron chi connectivity index (χ4n) is 1.73. The lowest BCUT2D eigenvalue weighted by molar-refractivity contribution is 0.0822. The zero-order valence-corrected chi connectivity index (χ0v) is 11.6. The van der Waals surface area contributed by atoms with Crippen LogP contribution < -0.4 is 11.1 Å². The van der Waals surface area contributed by atoms with Crippen LogP contribution in [0.2, 0.25) is 0 Å². The molecule has 0 saturated heterocycles. The Labute approximate surface area is 118 Å². The molecule has 20 heavy (non-hydrogen) atoms. The largest absolute Gasteiger partial charge is 0.399 e. The molecule has 0 bridgehead atoms. The molecular weight excluding hydrogens is 252 g/mol. The molecule has 0 fully saturated rings. The molecule has 1 aromatic carbocycles. The van der Waals surface area contributed by atoms with Gasteiger partial charge >= 0.3 is 0 Å². The Balaban J connectivity index is 2.05. The first-order chi connectivity index (χ1) is 9.56. The molecule has 2 aromatic rings. The second-order valence-electron chi connectivity index (χ2n) is 4.72. The van der Waals surface area contributed by atoms with Crippen LogP contribution in [-0.4, -0.2) is 29.9 Å². The van der Waals surface area contributed by atoms with Crippen molar-refractivity contribution in [2.75, 3.05) is 25.1 Å². The summed E-state index contributed by atoms with van der Waals surface area (Å²) in [6.45, 7) is 0.667. The topological polar surface area (TPSA) is 71.2 Å². The van der Waals surface area contributed by atoms with Crippen LogP contribution in [0.1, 0.15) is 16.1 Å². The van der Waals surface area contributed by atoms with Crippen molar-refractivity contribution in [1.82, 2.24) is 9.88 Å². The van der Waals surface area contributed by atoms with Crippen molar-refractivity contribution in [2.24, 2.45) is 0 Å². The number of nitrogens with zero attached hydrogens (tertiary/aromatic N) is 2. The van der Waals surface area contributed by atoms with Gasteiger partial charge in [0, 0.05) is 38.2 Å². The highest BCUT2D eigenvalue weighted by Gasteiger charge is 2.09. The molecule has 0 aliphatic rings. The molecule has 0 atom stereocenters. The number of aromatic nitrogens is 1. The molecule has 0 spiro atoms. The Morgan fingerprint density at radius 2 is 1.95 bits per heavy atom. The highest BCUT2D eigenvalue weighted by atomic mass is 16.2.